The summed E-state index contributed by atoms with van der Waals surface area (Å²) in [6.45, 7) is 6.74. The summed E-state index contributed by atoms with van der Waals surface area (Å²) >= 11 is 0. The van der Waals surface area contributed by atoms with Gasteiger partial charge in [0.2, 0.25) is 0 Å². The van der Waals surface area contributed by atoms with Crippen LogP contribution in [0.1, 0.15) is 59.3 Å². The minimum absolute atomic E-state index is 0.00666. The van der Waals surface area contributed by atoms with E-state index in [0.29, 0.717) is 13.0 Å². The average Bonchev–Trinajstić information content (AvgIpc) is 2.58. The summed E-state index contributed by atoms with van der Waals surface area (Å²) in [5.74, 6) is 5.46. The lowest BCUT2D eigenvalue weighted by atomic mass is 9.59. The van der Waals surface area contributed by atoms with Crippen molar-refractivity contribution < 1.29 is 24.1 Å². The summed E-state index contributed by atoms with van der Waals surface area (Å²) in [5, 5.41) is 11.1. The van der Waals surface area contributed by atoms with Gasteiger partial charge in [-0.1, -0.05) is 18.8 Å². The molecular formula is C19H30O5. The summed E-state index contributed by atoms with van der Waals surface area (Å²) in [4.78, 5) is 12.5. The largest absolute Gasteiger partial charge is 0.465 e. The van der Waals surface area contributed by atoms with Gasteiger partial charge >= 0.3 is 5.97 Å². The molecule has 0 spiro atoms. The molecule has 1 aliphatic heterocycles. The zero-order valence-electron chi connectivity index (χ0n) is 15.1. The van der Waals surface area contributed by atoms with E-state index in [2.05, 4.69) is 11.8 Å². The van der Waals surface area contributed by atoms with Gasteiger partial charge in [0.25, 0.3) is 0 Å². The quantitative estimate of drug-likeness (QED) is 0.631. The molecule has 2 aliphatic rings. The number of esters is 1. The average molecular weight is 338 g/mol. The Labute approximate surface area is 145 Å². The Hall–Kier alpha value is -1.09. The van der Waals surface area contributed by atoms with E-state index < -0.39 is 11.0 Å². The van der Waals surface area contributed by atoms with Gasteiger partial charge in [-0.05, 0) is 58.3 Å². The first-order valence-electron chi connectivity index (χ1n) is 9.07. The van der Waals surface area contributed by atoms with Crippen LogP contribution in [-0.4, -0.2) is 42.8 Å². The molecule has 0 amide bonds. The normalized spacial score (nSPS) is 36.5. The van der Waals surface area contributed by atoms with Crippen LogP contribution in [0.3, 0.4) is 0 Å². The van der Waals surface area contributed by atoms with Crippen molar-refractivity contribution in [2.24, 2.45) is 11.3 Å². The van der Waals surface area contributed by atoms with Crippen LogP contribution in [0, 0.1) is 23.2 Å². The Kier molecular flexibility index (Phi) is 6.68. The molecule has 4 atom stereocenters. The first kappa shape index (κ1) is 19.2. The summed E-state index contributed by atoms with van der Waals surface area (Å²) in [6, 6.07) is 0. The van der Waals surface area contributed by atoms with Gasteiger partial charge in [-0.25, -0.2) is 0 Å². The fraction of sp³-hybridized carbons (Fsp3) is 0.842. The summed E-state index contributed by atoms with van der Waals surface area (Å²) in [6.07, 6.45) is 5.04. The van der Waals surface area contributed by atoms with E-state index in [1.165, 1.54) is 0 Å². The maximum Gasteiger partial charge on any atom is 0.316 e. The van der Waals surface area contributed by atoms with Crippen molar-refractivity contribution in [2.45, 2.75) is 71.2 Å². The standard InChI is InChI=1S/C19H30O5/c1-4-22-17(20)18(3)15(2)9-7-11-19(18,21)12-8-14-24-16-10-5-6-13-23-16/h15-16,21H,4-7,9-11,13-14H2,1-3H3/t15-,16?,18+,19?/m1/s1. The highest BCUT2D eigenvalue weighted by Gasteiger charge is 2.57. The third-order valence-corrected chi connectivity index (χ3v) is 5.49. The number of rotatable bonds is 4. The van der Waals surface area contributed by atoms with Crippen LogP contribution in [-0.2, 0) is 19.0 Å². The predicted molar refractivity (Wildman–Crippen MR) is 90.0 cm³/mol. The summed E-state index contributed by atoms with van der Waals surface area (Å²) < 4.78 is 16.3. The Morgan fingerprint density at radius 2 is 2.12 bits per heavy atom. The van der Waals surface area contributed by atoms with Crippen molar-refractivity contribution in [1.29, 1.82) is 0 Å². The first-order valence-corrected chi connectivity index (χ1v) is 9.07. The maximum atomic E-state index is 12.5. The molecule has 2 unspecified atom stereocenters. The minimum atomic E-state index is -1.38. The van der Waals surface area contributed by atoms with Gasteiger partial charge < -0.3 is 19.3 Å². The van der Waals surface area contributed by atoms with Crippen molar-refractivity contribution >= 4 is 5.97 Å². The third kappa shape index (κ3) is 3.93. The van der Waals surface area contributed by atoms with Crippen LogP contribution in [0.15, 0.2) is 0 Å². The van der Waals surface area contributed by atoms with Crippen molar-refractivity contribution in [3.05, 3.63) is 0 Å². The Morgan fingerprint density at radius 3 is 2.79 bits per heavy atom. The van der Waals surface area contributed by atoms with Crippen LogP contribution in [0.25, 0.3) is 0 Å². The van der Waals surface area contributed by atoms with Gasteiger partial charge in [-0.2, -0.15) is 0 Å². The molecule has 0 aromatic rings. The van der Waals surface area contributed by atoms with E-state index >= 15 is 0 Å². The highest BCUT2D eigenvalue weighted by atomic mass is 16.7. The second-order valence-corrected chi connectivity index (χ2v) is 6.99. The van der Waals surface area contributed by atoms with Crippen LogP contribution in [0.2, 0.25) is 0 Å². The van der Waals surface area contributed by atoms with Gasteiger partial charge in [0, 0.05) is 6.61 Å². The molecule has 1 heterocycles. The molecule has 5 nitrogen and oxygen atoms in total. The van der Waals surface area contributed by atoms with Crippen LogP contribution < -0.4 is 0 Å². The highest BCUT2D eigenvalue weighted by Crippen LogP contribution is 2.48. The number of hydrogen-bond acceptors (Lipinski definition) is 5. The molecule has 0 radical (unpaired) electrons. The smallest absolute Gasteiger partial charge is 0.316 e. The van der Waals surface area contributed by atoms with Gasteiger partial charge in [0.15, 0.2) is 6.29 Å². The van der Waals surface area contributed by atoms with E-state index in [-0.39, 0.29) is 24.8 Å². The molecule has 1 saturated heterocycles. The molecule has 136 valence electrons. The maximum absolute atomic E-state index is 12.5. The zero-order chi connectivity index (χ0) is 17.6. The fourth-order valence-electron chi connectivity index (χ4n) is 3.62. The Balaban J connectivity index is 2.06. The second kappa shape index (κ2) is 8.33. The van der Waals surface area contributed by atoms with Crippen LogP contribution >= 0.6 is 0 Å². The SMILES string of the molecule is CCOC(=O)[C@]1(C)[C@H](C)CCCC1(O)C#CCOC1CCCCO1. The van der Waals surface area contributed by atoms with E-state index in [0.717, 1.165) is 38.7 Å². The molecule has 0 aromatic heterocycles. The molecule has 24 heavy (non-hydrogen) atoms. The van der Waals surface area contributed by atoms with E-state index in [9.17, 15) is 9.90 Å². The minimum Gasteiger partial charge on any atom is -0.465 e. The lowest BCUT2D eigenvalue weighted by molar-refractivity contribution is -0.179. The van der Waals surface area contributed by atoms with Gasteiger partial charge in [-0.15, -0.1) is 0 Å². The lowest BCUT2D eigenvalue weighted by Gasteiger charge is -2.47. The number of ether oxygens (including phenoxy) is 3. The molecule has 5 heteroatoms. The van der Waals surface area contributed by atoms with E-state index in [1.54, 1.807) is 13.8 Å². The summed E-state index contributed by atoms with van der Waals surface area (Å²) in [5.41, 5.74) is -2.40. The number of carbonyl (C=O) groups excluding carboxylic acids is 1. The Bertz CT molecular complexity index is 488. The van der Waals surface area contributed by atoms with Gasteiger partial charge in [0.1, 0.15) is 17.6 Å². The molecule has 1 N–H and O–H groups in total. The van der Waals surface area contributed by atoms with Crippen LogP contribution in [0.5, 0.6) is 0 Å². The molecule has 0 bridgehead atoms. The monoisotopic (exact) mass is 338 g/mol. The van der Waals surface area contributed by atoms with Gasteiger partial charge in [0.05, 0.1) is 6.61 Å². The van der Waals surface area contributed by atoms with Crippen molar-refractivity contribution in [2.75, 3.05) is 19.8 Å². The first-order chi connectivity index (χ1) is 11.4. The molecular weight excluding hydrogens is 308 g/mol. The van der Waals surface area contributed by atoms with E-state index in [4.69, 9.17) is 14.2 Å². The second-order valence-electron chi connectivity index (χ2n) is 6.99. The molecule has 1 saturated carbocycles. The van der Waals surface area contributed by atoms with Crippen molar-refractivity contribution in [3.8, 4) is 11.8 Å². The predicted octanol–water partition coefficient (Wildman–Crippen LogP) is 2.65. The number of aliphatic hydroxyl groups is 1. The third-order valence-electron chi connectivity index (χ3n) is 5.49. The molecule has 1 aliphatic carbocycles. The van der Waals surface area contributed by atoms with Crippen molar-refractivity contribution in [1.82, 2.24) is 0 Å². The lowest BCUT2D eigenvalue weighted by Crippen LogP contribution is -2.57. The van der Waals surface area contributed by atoms with Gasteiger partial charge in [-0.3, -0.25) is 4.79 Å². The molecule has 2 fully saturated rings. The molecule has 2 rings (SSSR count). The topological polar surface area (TPSA) is 65.0 Å². The van der Waals surface area contributed by atoms with Crippen LogP contribution in [0.4, 0.5) is 0 Å². The van der Waals surface area contributed by atoms with E-state index in [1.807, 2.05) is 6.92 Å². The number of carbonyl (C=O) groups is 1. The Morgan fingerprint density at radius 1 is 1.33 bits per heavy atom. The highest BCUT2D eigenvalue weighted by molar-refractivity contribution is 5.79. The summed E-state index contributed by atoms with van der Waals surface area (Å²) in [7, 11) is 0. The fourth-order valence-corrected chi connectivity index (χ4v) is 3.62. The molecule has 0 aromatic carbocycles. The van der Waals surface area contributed by atoms with Crippen molar-refractivity contribution in [3.63, 3.8) is 0 Å². The number of hydrogen-bond donors (Lipinski definition) is 1. The zero-order valence-corrected chi connectivity index (χ0v) is 15.1.